The number of rotatable bonds is 14. The summed E-state index contributed by atoms with van der Waals surface area (Å²) >= 11 is 0. The molecule has 0 saturated heterocycles. The third-order valence-electron chi connectivity index (χ3n) is 6.46. The molecular weight excluding hydrogens is 564 g/mol. The zero-order valence-electron chi connectivity index (χ0n) is 25.5. The molecule has 10 nitrogen and oxygen atoms in total. The van der Waals surface area contributed by atoms with Crippen LogP contribution in [-0.4, -0.2) is 81.3 Å². The minimum Gasteiger partial charge on any atom is -0.473 e. The quantitative estimate of drug-likeness (QED) is 0.147. The van der Waals surface area contributed by atoms with E-state index in [2.05, 4.69) is 109 Å². The molecule has 3 rings (SSSR count). The number of aryl methyl sites for hydroxylation is 2. The van der Waals surface area contributed by atoms with Gasteiger partial charge in [-0.05, 0) is 88.0 Å². The molecule has 0 bridgehead atoms. The lowest BCUT2D eigenvalue weighted by Crippen LogP contribution is -2.21. The zero-order valence-corrected chi connectivity index (χ0v) is 25.5. The molecule has 0 saturated carbocycles. The minimum absolute atomic E-state index is 1.03. The van der Waals surface area contributed by atoms with Gasteiger partial charge < -0.3 is 30.2 Å². The molecule has 0 amide bonds. The highest BCUT2D eigenvalue weighted by Crippen LogP contribution is 2.12. The summed E-state index contributed by atoms with van der Waals surface area (Å²) < 4.78 is 0. The fourth-order valence-corrected chi connectivity index (χ4v) is 4.32. The van der Waals surface area contributed by atoms with Crippen LogP contribution in [0, 0.1) is 0 Å². The van der Waals surface area contributed by atoms with Crippen molar-refractivity contribution in [3.05, 3.63) is 107 Å². The average molecular weight is 609 g/mol. The molecule has 4 N–H and O–H groups in total. The number of unbranched alkanes of at least 4 members (excludes halogenated alkanes) is 2. The van der Waals surface area contributed by atoms with Gasteiger partial charge in [-0.2, -0.15) is 0 Å². The molecule has 0 aliphatic heterocycles. The van der Waals surface area contributed by atoms with Crippen LogP contribution in [-0.2, 0) is 45.1 Å². The van der Waals surface area contributed by atoms with Crippen molar-refractivity contribution in [1.29, 1.82) is 0 Å². The Morgan fingerprint density at radius 3 is 1.11 bits per heavy atom. The van der Waals surface area contributed by atoms with Crippen LogP contribution in [0.3, 0.4) is 0 Å². The predicted molar refractivity (Wildman–Crippen MR) is 168 cm³/mol. The Morgan fingerprint density at radius 1 is 0.477 bits per heavy atom. The second-order valence-electron chi connectivity index (χ2n) is 10.4. The van der Waals surface area contributed by atoms with Gasteiger partial charge in [0.1, 0.15) is 0 Å². The minimum atomic E-state index is -1.82. The maximum Gasteiger partial charge on any atom is 0.414 e. The molecule has 0 aliphatic carbocycles. The zero-order chi connectivity index (χ0) is 32.7. The van der Waals surface area contributed by atoms with Crippen molar-refractivity contribution in [2.24, 2.45) is 0 Å². The van der Waals surface area contributed by atoms with Crippen molar-refractivity contribution in [3.63, 3.8) is 0 Å². The Kier molecular flexibility index (Phi) is 18.8. The van der Waals surface area contributed by atoms with Crippen LogP contribution in [0.25, 0.3) is 0 Å². The molecule has 0 unspecified atom stereocenters. The SMILES string of the molecule is CN(CCCCc1ccccc1)Cc1cccc(CN(C)CCCCc2ccccc2)c1.O=C(O)C(=O)O.O=C(O)C(=O)O. The number of hydrogen-bond acceptors (Lipinski definition) is 6. The van der Waals surface area contributed by atoms with E-state index >= 15 is 0 Å². The molecule has 10 heteroatoms. The van der Waals surface area contributed by atoms with Gasteiger partial charge in [0.05, 0.1) is 0 Å². The molecule has 0 spiro atoms. The number of hydrogen-bond donors (Lipinski definition) is 4. The Labute approximate surface area is 259 Å². The van der Waals surface area contributed by atoms with E-state index in [0.717, 1.165) is 26.2 Å². The summed E-state index contributed by atoms with van der Waals surface area (Å²) in [7, 11) is 4.49. The molecule has 0 aliphatic rings. The summed E-state index contributed by atoms with van der Waals surface area (Å²) in [5, 5.41) is 29.6. The Morgan fingerprint density at radius 2 is 0.795 bits per heavy atom. The van der Waals surface area contributed by atoms with Crippen LogP contribution in [0.1, 0.15) is 47.9 Å². The fraction of sp³-hybridized carbons (Fsp3) is 0.353. The molecule has 3 aromatic rings. The van der Waals surface area contributed by atoms with Gasteiger partial charge in [0.25, 0.3) is 0 Å². The van der Waals surface area contributed by atoms with E-state index in [1.165, 1.54) is 60.8 Å². The lowest BCUT2D eigenvalue weighted by molar-refractivity contribution is -0.159. The summed E-state index contributed by atoms with van der Waals surface area (Å²) in [4.78, 5) is 41.3. The van der Waals surface area contributed by atoms with Gasteiger partial charge >= 0.3 is 23.9 Å². The number of carboxylic acid groups (broad SMARTS) is 4. The highest BCUT2D eigenvalue weighted by atomic mass is 16.4. The molecule has 0 heterocycles. The molecule has 0 fully saturated rings. The Bertz CT molecular complexity index is 1150. The normalized spacial score (nSPS) is 10.3. The van der Waals surface area contributed by atoms with Gasteiger partial charge in [-0.15, -0.1) is 0 Å². The number of benzene rings is 3. The van der Waals surface area contributed by atoms with E-state index in [0.29, 0.717) is 0 Å². The van der Waals surface area contributed by atoms with Crippen molar-refractivity contribution in [2.75, 3.05) is 27.2 Å². The summed E-state index contributed by atoms with van der Waals surface area (Å²) in [6.45, 7) is 4.36. The fourth-order valence-electron chi connectivity index (χ4n) is 4.32. The van der Waals surface area contributed by atoms with E-state index < -0.39 is 23.9 Å². The van der Waals surface area contributed by atoms with Crippen LogP contribution in [0.15, 0.2) is 84.9 Å². The molecule has 3 aromatic carbocycles. The van der Waals surface area contributed by atoms with Crippen LogP contribution in [0.4, 0.5) is 0 Å². The highest BCUT2D eigenvalue weighted by molar-refractivity contribution is 6.27. The molecular formula is C34H44N2O8. The van der Waals surface area contributed by atoms with E-state index in [1.54, 1.807) is 0 Å². The third kappa shape index (κ3) is 18.8. The number of nitrogens with zero attached hydrogens (tertiary/aromatic N) is 2. The number of carboxylic acids is 4. The van der Waals surface area contributed by atoms with E-state index in [-0.39, 0.29) is 0 Å². The average Bonchev–Trinajstić information content (AvgIpc) is 2.99. The topological polar surface area (TPSA) is 156 Å². The van der Waals surface area contributed by atoms with Crippen molar-refractivity contribution in [3.8, 4) is 0 Å². The molecule has 0 aromatic heterocycles. The molecule has 0 radical (unpaired) electrons. The highest BCUT2D eigenvalue weighted by Gasteiger charge is 2.06. The monoisotopic (exact) mass is 608 g/mol. The van der Waals surface area contributed by atoms with Crippen LogP contribution in [0.5, 0.6) is 0 Å². The largest absolute Gasteiger partial charge is 0.473 e. The Hall–Kier alpha value is -4.54. The van der Waals surface area contributed by atoms with Crippen molar-refractivity contribution < 1.29 is 39.6 Å². The predicted octanol–water partition coefficient (Wildman–Crippen LogP) is 4.91. The first-order valence-electron chi connectivity index (χ1n) is 14.4. The third-order valence-corrected chi connectivity index (χ3v) is 6.46. The van der Waals surface area contributed by atoms with Crippen LogP contribution < -0.4 is 0 Å². The second kappa shape index (κ2) is 22.1. The first kappa shape index (κ1) is 37.5. The van der Waals surface area contributed by atoms with Gasteiger partial charge in [-0.25, -0.2) is 19.2 Å². The van der Waals surface area contributed by atoms with Crippen molar-refractivity contribution >= 4 is 23.9 Å². The van der Waals surface area contributed by atoms with Gasteiger partial charge in [-0.1, -0.05) is 84.9 Å². The summed E-state index contributed by atoms with van der Waals surface area (Å²) in [6.07, 6.45) is 7.37. The van der Waals surface area contributed by atoms with Crippen molar-refractivity contribution in [1.82, 2.24) is 9.80 Å². The number of carbonyl (C=O) groups is 4. The number of aliphatic carboxylic acids is 4. The standard InChI is InChI=1S/C30H40N2.2C2H2O4/c1-31(22-11-9-18-27-14-5-3-6-15-27)25-29-20-13-21-30(24-29)26-32(2)23-12-10-19-28-16-7-4-8-17-28;2*3-1(4)2(5)6/h3-8,13-17,20-21,24H,9-12,18-19,22-23,25-26H2,1-2H3;2*(H,3,4)(H,5,6). The van der Waals surface area contributed by atoms with Gasteiger partial charge in [0.2, 0.25) is 0 Å². The lowest BCUT2D eigenvalue weighted by atomic mass is 10.1. The van der Waals surface area contributed by atoms with E-state index in [1.807, 2.05) is 0 Å². The van der Waals surface area contributed by atoms with Crippen LogP contribution >= 0.6 is 0 Å². The summed E-state index contributed by atoms with van der Waals surface area (Å²) in [5.41, 5.74) is 5.75. The van der Waals surface area contributed by atoms with E-state index in [9.17, 15) is 0 Å². The maximum absolute atomic E-state index is 9.10. The van der Waals surface area contributed by atoms with E-state index in [4.69, 9.17) is 39.6 Å². The smallest absolute Gasteiger partial charge is 0.414 e. The molecule has 0 atom stereocenters. The van der Waals surface area contributed by atoms with Crippen LogP contribution in [0.2, 0.25) is 0 Å². The summed E-state index contributed by atoms with van der Waals surface area (Å²) in [6, 6.07) is 30.8. The van der Waals surface area contributed by atoms with Gasteiger partial charge in [-0.3, -0.25) is 0 Å². The van der Waals surface area contributed by atoms with Gasteiger partial charge in [0, 0.05) is 13.1 Å². The van der Waals surface area contributed by atoms with Crippen molar-refractivity contribution in [2.45, 2.75) is 51.6 Å². The first-order valence-corrected chi connectivity index (χ1v) is 14.4. The Balaban J connectivity index is 0.000000681. The molecule has 238 valence electrons. The van der Waals surface area contributed by atoms with Gasteiger partial charge in [0.15, 0.2) is 0 Å². The maximum atomic E-state index is 9.10. The molecule has 44 heavy (non-hydrogen) atoms. The lowest BCUT2D eigenvalue weighted by Gasteiger charge is -2.19. The summed E-state index contributed by atoms with van der Waals surface area (Å²) in [5.74, 6) is -7.30. The second-order valence-corrected chi connectivity index (χ2v) is 10.4. The first-order chi connectivity index (χ1) is 21.0.